The van der Waals surface area contributed by atoms with E-state index in [0.717, 1.165) is 31.9 Å². The lowest BCUT2D eigenvalue weighted by Crippen LogP contribution is -2.39. The molecule has 0 saturated carbocycles. The van der Waals surface area contributed by atoms with Crippen molar-refractivity contribution < 1.29 is 4.74 Å². The molecule has 1 aromatic rings. The number of ether oxygens (including phenoxy) is 1. The molecular formula is C14H22N2O. The van der Waals surface area contributed by atoms with Crippen LogP contribution in [0.25, 0.3) is 0 Å². The molecule has 0 amide bonds. The average molecular weight is 234 g/mol. The number of hydrogen-bond donors (Lipinski definition) is 1. The maximum Gasteiger partial charge on any atom is 0.118 e. The molecule has 0 aromatic heterocycles. The van der Waals surface area contributed by atoms with Gasteiger partial charge in [-0.05, 0) is 24.7 Å². The van der Waals surface area contributed by atoms with E-state index in [0.29, 0.717) is 0 Å². The summed E-state index contributed by atoms with van der Waals surface area (Å²) in [5.74, 6) is 0.923. The first-order chi connectivity index (χ1) is 8.14. The van der Waals surface area contributed by atoms with Crippen LogP contribution in [-0.4, -0.2) is 45.2 Å². The Balaban J connectivity index is 2.22. The van der Waals surface area contributed by atoms with Crippen molar-refractivity contribution in [3.8, 4) is 5.75 Å². The second-order valence-corrected chi connectivity index (χ2v) is 5.20. The van der Waals surface area contributed by atoms with Crippen molar-refractivity contribution in [2.45, 2.75) is 12.3 Å². The van der Waals surface area contributed by atoms with Crippen LogP contribution < -0.4 is 10.1 Å². The van der Waals surface area contributed by atoms with Gasteiger partial charge in [0.25, 0.3) is 0 Å². The van der Waals surface area contributed by atoms with Gasteiger partial charge in [-0.2, -0.15) is 0 Å². The number of hydrogen-bond acceptors (Lipinski definition) is 3. The van der Waals surface area contributed by atoms with Crippen molar-refractivity contribution in [2.24, 2.45) is 0 Å². The molecule has 1 fully saturated rings. The zero-order valence-electron chi connectivity index (χ0n) is 11.0. The SMILES string of the molecule is COc1ccc(C2(C)CNCCN(C)C2)cc1. The fourth-order valence-corrected chi connectivity index (χ4v) is 2.55. The Morgan fingerprint density at radius 2 is 2.00 bits per heavy atom. The zero-order chi connectivity index (χ0) is 12.3. The second-order valence-electron chi connectivity index (χ2n) is 5.20. The molecule has 3 nitrogen and oxygen atoms in total. The lowest BCUT2D eigenvalue weighted by molar-refractivity contribution is 0.290. The minimum atomic E-state index is 0.178. The molecule has 1 heterocycles. The van der Waals surface area contributed by atoms with Crippen molar-refractivity contribution in [1.82, 2.24) is 10.2 Å². The van der Waals surface area contributed by atoms with E-state index in [4.69, 9.17) is 4.74 Å². The van der Waals surface area contributed by atoms with Crippen LogP contribution in [-0.2, 0) is 5.41 Å². The fraction of sp³-hybridized carbons (Fsp3) is 0.571. The van der Waals surface area contributed by atoms with Crippen LogP contribution in [0.4, 0.5) is 0 Å². The standard InChI is InChI=1S/C14H22N2O/c1-14(10-15-8-9-16(2)11-14)12-4-6-13(17-3)7-5-12/h4-7,15H,8-11H2,1-3H3. The summed E-state index contributed by atoms with van der Waals surface area (Å²) in [7, 11) is 3.90. The van der Waals surface area contributed by atoms with Gasteiger partial charge in [0.2, 0.25) is 0 Å². The summed E-state index contributed by atoms with van der Waals surface area (Å²) in [5, 5.41) is 3.52. The lowest BCUT2D eigenvalue weighted by Gasteiger charge is -2.31. The highest BCUT2D eigenvalue weighted by Gasteiger charge is 2.29. The molecule has 0 bridgehead atoms. The van der Waals surface area contributed by atoms with E-state index >= 15 is 0 Å². The third-order valence-electron chi connectivity index (χ3n) is 3.59. The lowest BCUT2D eigenvalue weighted by atomic mass is 9.82. The van der Waals surface area contributed by atoms with Crippen LogP contribution in [0.15, 0.2) is 24.3 Å². The van der Waals surface area contributed by atoms with Gasteiger partial charge in [-0.25, -0.2) is 0 Å². The van der Waals surface area contributed by atoms with Crippen LogP contribution in [0.1, 0.15) is 12.5 Å². The molecule has 1 aliphatic rings. The van der Waals surface area contributed by atoms with E-state index in [-0.39, 0.29) is 5.41 Å². The van der Waals surface area contributed by atoms with Gasteiger partial charge in [0, 0.05) is 31.6 Å². The summed E-state index contributed by atoms with van der Waals surface area (Å²) in [4.78, 5) is 2.39. The minimum Gasteiger partial charge on any atom is -0.497 e. The molecule has 3 heteroatoms. The molecular weight excluding hydrogens is 212 g/mol. The number of nitrogens with one attached hydrogen (secondary N) is 1. The van der Waals surface area contributed by atoms with Gasteiger partial charge < -0.3 is 15.0 Å². The number of nitrogens with zero attached hydrogens (tertiary/aromatic N) is 1. The summed E-state index contributed by atoms with van der Waals surface area (Å²) in [5.41, 5.74) is 1.55. The molecule has 1 aromatic carbocycles. The summed E-state index contributed by atoms with van der Waals surface area (Å²) in [6, 6.07) is 8.45. The molecule has 0 spiro atoms. The monoisotopic (exact) mass is 234 g/mol. The van der Waals surface area contributed by atoms with Crippen LogP contribution in [0.2, 0.25) is 0 Å². The number of methoxy groups -OCH3 is 1. The van der Waals surface area contributed by atoms with E-state index in [9.17, 15) is 0 Å². The highest BCUT2D eigenvalue weighted by Crippen LogP contribution is 2.27. The molecule has 2 rings (SSSR count). The van der Waals surface area contributed by atoms with Gasteiger partial charge in [0.05, 0.1) is 7.11 Å². The third-order valence-corrected chi connectivity index (χ3v) is 3.59. The molecule has 0 aliphatic carbocycles. The molecule has 17 heavy (non-hydrogen) atoms. The predicted octanol–water partition coefficient (Wildman–Crippen LogP) is 1.49. The van der Waals surface area contributed by atoms with Gasteiger partial charge in [0.15, 0.2) is 0 Å². The molecule has 1 saturated heterocycles. The topological polar surface area (TPSA) is 24.5 Å². The van der Waals surface area contributed by atoms with E-state index in [2.05, 4.69) is 36.3 Å². The van der Waals surface area contributed by atoms with Crippen molar-refractivity contribution in [2.75, 3.05) is 40.3 Å². The zero-order valence-corrected chi connectivity index (χ0v) is 11.0. The van der Waals surface area contributed by atoms with Gasteiger partial charge in [-0.1, -0.05) is 19.1 Å². The number of benzene rings is 1. The first-order valence-corrected chi connectivity index (χ1v) is 6.18. The maximum absolute atomic E-state index is 5.21. The largest absolute Gasteiger partial charge is 0.497 e. The summed E-state index contributed by atoms with van der Waals surface area (Å²) < 4.78 is 5.21. The quantitative estimate of drug-likeness (QED) is 0.839. The number of likely N-dealkylation sites (N-methyl/N-ethyl adjacent to an activating group) is 1. The Labute approximate surface area is 104 Å². The third kappa shape index (κ3) is 2.79. The van der Waals surface area contributed by atoms with Crippen molar-refractivity contribution in [3.63, 3.8) is 0 Å². The smallest absolute Gasteiger partial charge is 0.118 e. The van der Waals surface area contributed by atoms with Gasteiger partial charge >= 0.3 is 0 Å². The van der Waals surface area contributed by atoms with Crippen LogP contribution >= 0.6 is 0 Å². The van der Waals surface area contributed by atoms with E-state index in [1.807, 2.05) is 12.1 Å². The average Bonchev–Trinajstić information content (AvgIpc) is 2.51. The summed E-state index contributed by atoms with van der Waals surface area (Å²) >= 11 is 0. The maximum atomic E-state index is 5.21. The summed E-state index contributed by atoms with van der Waals surface area (Å²) in [6.45, 7) is 6.63. The first kappa shape index (κ1) is 12.4. The van der Waals surface area contributed by atoms with Gasteiger partial charge in [-0.15, -0.1) is 0 Å². The molecule has 1 N–H and O–H groups in total. The van der Waals surface area contributed by atoms with Crippen molar-refractivity contribution in [3.05, 3.63) is 29.8 Å². The molecule has 0 radical (unpaired) electrons. The van der Waals surface area contributed by atoms with E-state index in [1.54, 1.807) is 7.11 Å². The summed E-state index contributed by atoms with van der Waals surface area (Å²) in [6.07, 6.45) is 0. The molecule has 94 valence electrons. The van der Waals surface area contributed by atoms with Crippen LogP contribution in [0.5, 0.6) is 5.75 Å². The highest BCUT2D eigenvalue weighted by atomic mass is 16.5. The molecule has 1 aliphatic heterocycles. The fourth-order valence-electron chi connectivity index (χ4n) is 2.55. The predicted molar refractivity (Wildman–Crippen MR) is 70.7 cm³/mol. The van der Waals surface area contributed by atoms with Crippen LogP contribution in [0.3, 0.4) is 0 Å². The minimum absolute atomic E-state index is 0.178. The Morgan fingerprint density at radius 1 is 1.29 bits per heavy atom. The van der Waals surface area contributed by atoms with E-state index < -0.39 is 0 Å². The number of rotatable bonds is 2. The Kier molecular flexibility index (Phi) is 3.69. The van der Waals surface area contributed by atoms with Crippen LogP contribution in [0, 0.1) is 0 Å². The van der Waals surface area contributed by atoms with Gasteiger partial charge in [0.1, 0.15) is 5.75 Å². The van der Waals surface area contributed by atoms with E-state index in [1.165, 1.54) is 5.56 Å². The Morgan fingerprint density at radius 3 is 2.65 bits per heavy atom. The molecule has 1 atom stereocenters. The van der Waals surface area contributed by atoms with Gasteiger partial charge in [-0.3, -0.25) is 0 Å². The van der Waals surface area contributed by atoms with Crippen molar-refractivity contribution in [1.29, 1.82) is 0 Å². The first-order valence-electron chi connectivity index (χ1n) is 6.18. The Bertz CT molecular complexity index is 363. The normalized spacial score (nSPS) is 26.5. The van der Waals surface area contributed by atoms with Crippen molar-refractivity contribution >= 4 is 0 Å². The highest BCUT2D eigenvalue weighted by molar-refractivity contribution is 5.33. The molecule has 1 unspecified atom stereocenters. The Hall–Kier alpha value is -1.06. The second kappa shape index (κ2) is 5.07.